The minimum Gasteiger partial charge on any atom is -0.310 e. The molecule has 1 atom stereocenters. The van der Waals surface area contributed by atoms with E-state index in [1.54, 1.807) is 0 Å². The van der Waals surface area contributed by atoms with Crippen molar-refractivity contribution in [3.63, 3.8) is 0 Å². The molecule has 0 bridgehead atoms. The third kappa shape index (κ3) is 5.35. The Bertz CT molecular complexity index is 444. The SMILES string of the molecule is CC1CCN(CCCNC(C)c2ccc(Br)cc2F)CC1. The van der Waals surface area contributed by atoms with E-state index in [1.165, 1.54) is 32.0 Å². The Labute approximate surface area is 136 Å². The lowest BCUT2D eigenvalue weighted by molar-refractivity contribution is 0.190. The van der Waals surface area contributed by atoms with Crippen molar-refractivity contribution in [2.45, 2.75) is 39.2 Å². The molecule has 0 amide bonds. The summed E-state index contributed by atoms with van der Waals surface area (Å²) in [6.45, 7) is 8.91. The van der Waals surface area contributed by atoms with E-state index in [9.17, 15) is 4.39 Å². The van der Waals surface area contributed by atoms with Crippen molar-refractivity contribution < 1.29 is 4.39 Å². The molecule has 1 unspecified atom stereocenters. The van der Waals surface area contributed by atoms with Crippen molar-refractivity contribution in [1.82, 2.24) is 10.2 Å². The van der Waals surface area contributed by atoms with Gasteiger partial charge in [0.05, 0.1) is 0 Å². The number of nitrogens with one attached hydrogen (secondary N) is 1. The summed E-state index contributed by atoms with van der Waals surface area (Å²) in [6.07, 6.45) is 3.78. The monoisotopic (exact) mass is 356 g/mol. The summed E-state index contributed by atoms with van der Waals surface area (Å²) >= 11 is 3.29. The first-order chi connectivity index (χ1) is 10.1. The lowest BCUT2D eigenvalue weighted by Crippen LogP contribution is -2.35. The third-order valence-corrected chi connectivity index (χ3v) is 4.90. The molecule has 1 aromatic rings. The predicted molar refractivity (Wildman–Crippen MR) is 90.0 cm³/mol. The second-order valence-corrected chi connectivity index (χ2v) is 7.14. The molecular weight excluding hydrogens is 331 g/mol. The topological polar surface area (TPSA) is 15.3 Å². The van der Waals surface area contributed by atoms with Crippen LogP contribution >= 0.6 is 15.9 Å². The van der Waals surface area contributed by atoms with Gasteiger partial charge in [-0.15, -0.1) is 0 Å². The number of benzene rings is 1. The van der Waals surface area contributed by atoms with Crippen LogP contribution < -0.4 is 5.32 Å². The standard InChI is InChI=1S/C17H26BrFN2/c1-13-6-10-21(11-7-13)9-3-8-20-14(2)16-5-4-15(18)12-17(16)19/h4-5,12-14,20H,3,6-11H2,1-2H3. The van der Waals surface area contributed by atoms with Crippen LogP contribution in [0.5, 0.6) is 0 Å². The maximum absolute atomic E-state index is 13.9. The fourth-order valence-electron chi connectivity index (χ4n) is 2.87. The van der Waals surface area contributed by atoms with Crippen LogP contribution in [0.1, 0.15) is 44.7 Å². The van der Waals surface area contributed by atoms with Crippen LogP contribution in [0.15, 0.2) is 22.7 Å². The fraction of sp³-hybridized carbons (Fsp3) is 0.647. The molecule has 2 rings (SSSR count). The molecule has 1 aromatic carbocycles. The minimum atomic E-state index is -0.144. The van der Waals surface area contributed by atoms with E-state index in [4.69, 9.17) is 0 Å². The number of nitrogens with zero attached hydrogens (tertiary/aromatic N) is 1. The highest BCUT2D eigenvalue weighted by Crippen LogP contribution is 2.21. The first-order valence-electron chi connectivity index (χ1n) is 7.97. The van der Waals surface area contributed by atoms with Gasteiger partial charge in [-0.05, 0) is 70.4 Å². The molecule has 0 saturated carbocycles. The molecule has 1 fully saturated rings. The summed E-state index contributed by atoms with van der Waals surface area (Å²) in [5, 5.41) is 3.43. The first kappa shape index (κ1) is 16.9. The summed E-state index contributed by atoms with van der Waals surface area (Å²) in [5.41, 5.74) is 0.741. The smallest absolute Gasteiger partial charge is 0.129 e. The van der Waals surface area contributed by atoms with Gasteiger partial charge in [0.1, 0.15) is 5.82 Å². The van der Waals surface area contributed by atoms with Gasteiger partial charge in [-0.1, -0.05) is 28.9 Å². The lowest BCUT2D eigenvalue weighted by atomic mass is 9.99. The van der Waals surface area contributed by atoms with E-state index in [0.717, 1.165) is 35.5 Å². The normalized spacial score (nSPS) is 18.9. The summed E-state index contributed by atoms with van der Waals surface area (Å²) in [6, 6.07) is 5.33. The van der Waals surface area contributed by atoms with Gasteiger partial charge in [-0.3, -0.25) is 0 Å². The molecule has 1 aliphatic heterocycles. The van der Waals surface area contributed by atoms with Crippen LogP contribution in [0, 0.1) is 11.7 Å². The molecule has 1 aliphatic rings. The zero-order valence-electron chi connectivity index (χ0n) is 13.0. The molecule has 0 aromatic heterocycles. The van der Waals surface area contributed by atoms with E-state index in [0.29, 0.717) is 0 Å². The highest BCUT2D eigenvalue weighted by Gasteiger charge is 2.15. The predicted octanol–water partition coefficient (Wildman–Crippen LogP) is 4.36. The summed E-state index contributed by atoms with van der Waals surface area (Å²) in [4.78, 5) is 2.55. The Hall–Kier alpha value is -0.450. The number of hydrogen-bond acceptors (Lipinski definition) is 2. The second kappa shape index (κ2) is 8.25. The molecule has 2 nitrogen and oxygen atoms in total. The summed E-state index contributed by atoms with van der Waals surface area (Å²) in [5.74, 6) is 0.745. The average molecular weight is 357 g/mol. The average Bonchev–Trinajstić information content (AvgIpc) is 2.45. The third-order valence-electron chi connectivity index (χ3n) is 4.41. The van der Waals surface area contributed by atoms with E-state index < -0.39 is 0 Å². The van der Waals surface area contributed by atoms with Gasteiger partial charge in [0, 0.05) is 16.1 Å². The number of rotatable bonds is 6. The maximum atomic E-state index is 13.9. The maximum Gasteiger partial charge on any atom is 0.129 e. The van der Waals surface area contributed by atoms with Crippen LogP contribution in [0.2, 0.25) is 0 Å². The Balaban J connectivity index is 1.68. The highest BCUT2D eigenvalue weighted by atomic mass is 79.9. The van der Waals surface area contributed by atoms with Gasteiger partial charge < -0.3 is 10.2 Å². The van der Waals surface area contributed by atoms with Gasteiger partial charge in [-0.2, -0.15) is 0 Å². The molecule has 1 saturated heterocycles. The van der Waals surface area contributed by atoms with E-state index >= 15 is 0 Å². The Morgan fingerprint density at radius 2 is 2.10 bits per heavy atom. The van der Waals surface area contributed by atoms with Crippen molar-refractivity contribution >= 4 is 15.9 Å². The minimum absolute atomic E-state index is 0.0551. The van der Waals surface area contributed by atoms with Crippen LogP contribution in [0.25, 0.3) is 0 Å². The van der Waals surface area contributed by atoms with Crippen LogP contribution in [0.3, 0.4) is 0 Å². The number of likely N-dealkylation sites (tertiary alicyclic amines) is 1. The summed E-state index contributed by atoms with van der Waals surface area (Å²) < 4.78 is 14.6. The number of hydrogen-bond donors (Lipinski definition) is 1. The molecule has 0 spiro atoms. The molecule has 4 heteroatoms. The molecular formula is C17H26BrFN2. The first-order valence-corrected chi connectivity index (χ1v) is 8.76. The van der Waals surface area contributed by atoms with Gasteiger partial charge in [-0.25, -0.2) is 4.39 Å². The van der Waals surface area contributed by atoms with Crippen molar-refractivity contribution in [1.29, 1.82) is 0 Å². The van der Waals surface area contributed by atoms with Gasteiger partial charge >= 0.3 is 0 Å². The quantitative estimate of drug-likeness (QED) is 0.761. The van der Waals surface area contributed by atoms with Crippen LogP contribution in [-0.4, -0.2) is 31.1 Å². The Morgan fingerprint density at radius 3 is 2.76 bits per heavy atom. The summed E-state index contributed by atoms with van der Waals surface area (Å²) in [7, 11) is 0. The largest absolute Gasteiger partial charge is 0.310 e. The molecule has 118 valence electrons. The van der Waals surface area contributed by atoms with E-state index in [2.05, 4.69) is 33.1 Å². The molecule has 1 heterocycles. The molecule has 0 aliphatic carbocycles. The van der Waals surface area contributed by atoms with E-state index in [-0.39, 0.29) is 11.9 Å². The van der Waals surface area contributed by atoms with Crippen LogP contribution in [-0.2, 0) is 0 Å². The van der Waals surface area contributed by atoms with Gasteiger partial charge in [0.25, 0.3) is 0 Å². The second-order valence-electron chi connectivity index (χ2n) is 6.22. The zero-order valence-corrected chi connectivity index (χ0v) is 14.6. The van der Waals surface area contributed by atoms with Crippen LogP contribution in [0.4, 0.5) is 4.39 Å². The fourth-order valence-corrected chi connectivity index (χ4v) is 3.20. The lowest BCUT2D eigenvalue weighted by Gasteiger charge is -2.30. The van der Waals surface area contributed by atoms with Crippen molar-refractivity contribution in [2.24, 2.45) is 5.92 Å². The molecule has 0 radical (unpaired) electrons. The van der Waals surface area contributed by atoms with Crippen molar-refractivity contribution in [3.8, 4) is 0 Å². The highest BCUT2D eigenvalue weighted by molar-refractivity contribution is 9.10. The number of piperidine rings is 1. The van der Waals surface area contributed by atoms with E-state index in [1.807, 2.05) is 19.1 Å². The zero-order chi connectivity index (χ0) is 15.2. The molecule has 21 heavy (non-hydrogen) atoms. The molecule has 1 N–H and O–H groups in total. The Kier molecular flexibility index (Phi) is 6.65. The number of halogens is 2. The van der Waals surface area contributed by atoms with Crippen molar-refractivity contribution in [2.75, 3.05) is 26.2 Å². The Morgan fingerprint density at radius 1 is 1.38 bits per heavy atom. The van der Waals surface area contributed by atoms with Crippen molar-refractivity contribution in [3.05, 3.63) is 34.1 Å². The van der Waals surface area contributed by atoms with Gasteiger partial charge in [0.2, 0.25) is 0 Å². The van der Waals surface area contributed by atoms with Gasteiger partial charge in [0.15, 0.2) is 0 Å².